The van der Waals surface area contributed by atoms with Gasteiger partial charge in [0.2, 0.25) is 0 Å². The molecule has 0 aliphatic rings. The highest BCUT2D eigenvalue weighted by Gasteiger charge is 2.16. The summed E-state index contributed by atoms with van der Waals surface area (Å²) in [7, 11) is 0. The second kappa shape index (κ2) is 7.31. The summed E-state index contributed by atoms with van der Waals surface area (Å²) in [6, 6.07) is 10.1. The predicted octanol–water partition coefficient (Wildman–Crippen LogP) is 3.08. The summed E-state index contributed by atoms with van der Waals surface area (Å²) in [5.41, 5.74) is 0.0595. The second-order valence-electron chi connectivity index (χ2n) is 5.11. The molecule has 0 unspecified atom stereocenters. The Labute approximate surface area is 150 Å². The van der Waals surface area contributed by atoms with E-state index < -0.39 is 10.5 Å². The number of H-pyrrole nitrogens is 1. The molecule has 2 aromatic carbocycles. The van der Waals surface area contributed by atoms with Gasteiger partial charge in [0.05, 0.1) is 22.2 Å². The molecule has 0 atom stereocenters. The molecule has 3 aromatic rings. The lowest BCUT2D eigenvalue weighted by Crippen LogP contribution is -2.13. The van der Waals surface area contributed by atoms with Crippen LogP contribution in [0.15, 0.2) is 52.0 Å². The zero-order valence-corrected chi connectivity index (χ0v) is 14.4. The third-order valence-corrected chi connectivity index (χ3v) is 3.93. The van der Waals surface area contributed by atoms with Crippen molar-refractivity contribution < 1.29 is 9.66 Å². The molecule has 1 aromatic heterocycles. The van der Waals surface area contributed by atoms with Crippen LogP contribution < -0.4 is 15.6 Å². The van der Waals surface area contributed by atoms with E-state index in [0.717, 1.165) is 4.47 Å². The van der Waals surface area contributed by atoms with E-state index in [-0.39, 0.29) is 16.8 Å². The topological polar surface area (TPSA) is 110 Å². The number of aromatic nitrogens is 2. The molecule has 0 bridgehead atoms. The van der Waals surface area contributed by atoms with Crippen LogP contribution in [0.4, 0.5) is 11.4 Å². The minimum Gasteiger partial charge on any atom is -0.492 e. The fourth-order valence-corrected chi connectivity index (χ4v) is 2.69. The average Bonchev–Trinajstić information content (AvgIpc) is 2.58. The highest BCUT2D eigenvalue weighted by atomic mass is 79.9. The highest BCUT2D eigenvalue weighted by Crippen LogP contribution is 2.27. The molecule has 3 rings (SSSR count). The molecule has 0 saturated heterocycles. The number of nitro benzene ring substituents is 1. The standard InChI is InChI=1S/C16H13BrN4O4/c17-10-2-1-3-11(6-10)25-5-4-18-14-8-13-12(7-15(14)21(23)24)16(22)20-9-19-13/h1-3,6-9,18H,4-5H2,(H,19,20,22). The number of nitrogens with zero attached hydrogens (tertiary/aromatic N) is 2. The Morgan fingerprint density at radius 2 is 2.16 bits per heavy atom. The quantitative estimate of drug-likeness (QED) is 0.371. The van der Waals surface area contributed by atoms with E-state index in [1.807, 2.05) is 24.3 Å². The van der Waals surface area contributed by atoms with E-state index in [4.69, 9.17) is 4.74 Å². The lowest BCUT2D eigenvalue weighted by Gasteiger charge is -2.10. The normalized spacial score (nSPS) is 10.6. The van der Waals surface area contributed by atoms with E-state index >= 15 is 0 Å². The predicted molar refractivity (Wildman–Crippen MR) is 97.1 cm³/mol. The first-order valence-corrected chi connectivity index (χ1v) is 8.12. The van der Waals surface area contributed by atoms with E-state index in [1.54, 1.807) is 0 Å². The summed E-state index contributed by atoms with van der Waals surface area (Å²) in [5, 5.41) is 14.4. The van der Waals surface area contributed by atoms with Crippen LogP contribution in [0.5, 0.6) is 5.75 Å². The largest absolute Gasteiger partial charge is 0.492 e. The summed E-state index contributed by atoms with van der Waals surface area (Å²) < 4.78 is 6.48. The van der Waals surface area contributed by atoms with Gasteiger partial charge in [0.1, 0.15) is 18.0 Å². The van der Waals surface area contributed by atoms with E-state index in [9.17, 15) is 14.9 Å². The Balaban J connectivity index is 1.75. The molecule has 0 aliphatic carbocycles. The van der Waals surface area contributed by atoms with E-state index in [2.05, 4.69) is 31.2 Å². The van der Waals surface area contributed by atoms with Crippen LogP contribution in [0.2, 0.25) is 0 Å². The number of ether oxygens (including phenoxy) is 1. The fraction of sp³-hybridized carbons (Fsp3) is 0.125. The molecule has 25 heavy (non-hydrogen) atoms. The molecule has 8 nitrogen and oxygen atoms in total. The van der Waals surface area contributed by atoms with Gasteiger partial charge in [0, 0.05) is 17.1 Å². The summed E-state index contributed by atoms with van der Waals surface area (Å²) in [6.45, 7) is 0.663. The smallest absolute Gasteiger partial charge is 0.293 e. The van der Waals surface area contributed by atoms with Gasteiger partial charge in [-0.25, -0.2) is 4.98 Å². The van der Waals surface area contributed by atoms with Crippen LogP contribution in [0.3, 0.4) is 0 Å². The molecule has 0 spiro atoms. The molecule has 0 saturated carbocycles. The Bertz CT molecular complexity index is 989. The van der Waals surface area contributed by atoms with E-state index in [0.29, 0.717) is 24.4 Å². The molecule has 2 N–H and O–H groups in total. The van der Waals surface area contributed by atoms with Gasteiger partial charge in [0.15, 0.2) is 0 Å². The van der Waals surface area contributed by atoms with Gasteiger partial charge >= 0.3 is 0 Å². The lowest BCUT2D eigenvalue weighted by molar-refractivity contribution is -0.383. The van der Waals surface area contributed by atoms with Crippen molar-refractivity contribution in [2.75, 3.05) is 18.5 Å². The molecular weight excluding hydrogens is 392 g/mol. The number of rotatable bonds is 6. The van der Waals surface area contributed by atoms with Gasteiger partial charge in [-0.15, -0.1) is 0 Å². The van der Waals surface area contributed by atoms with Gasteiger partial charge in [-0.3, -0.25) is 14.9 Å². The Hall–Kier alpha value is -2.94. The number of fused-ring (bicyclic) bond motifs is 1. The van der Waals surface area contributed by atoms with Crippen LogP contribution in [-0.2, 0) is 0 Å². The Kier molecular flexibility index (Phi) is 4.94. The SMILES string of the molecule is O=c1[nH]cnc2cc(NCCOc3cccc(Br)c3)c([N+](=O)[O-])cc12. The minimum absolute atomic E-state index is 0.171. The second-order valence-corrected chi connectivity index (χ2v) is 6.02. The van der Waals surface area contributed by atoms with Crippen LogP contribution in [-0.4, -0.2) is 28.0 Å². The molecule has 0 aliphatic heterocycles. The number of aromatic amines is 1. The van der Waals surface area contributed by atoms with Crippen molar-refractivity contribution in [2.24, 2.45) is 0 Å². The molecule has 0 amide bonds. The summed E-state index contributed by atoms with van der Waals surface area (Å²) in [4.78, 5) is 28.9. The van der Waals surface area contributed by atoms with Crippen molar-refractivity contribution in [3.8, 4) is 5.75 Å². The van der Waals surface area contributed by atoms with Gasteiger partial charge in [-0.05, 0) is 24.3 Å². The summed E-state index contributed by atoms with van der Waals surface area (Å²) in [5.74, 6) is 0.692. The van der Waals surface area contributed by atoms with Gasteiger partial charge in [-0.1, -0.05) is 22.0 Å². The fourth-order valence-electron chi connectivity index (χ4n) is 2.31. The summed E-state index contributed by atoms with van der Waals surface area (Å²) in [6.07, 6.45) is 1.26. The molecule has 1 heterocycles. The first-order chi connectivity index (χ1) is 12.0. The number of hydrogen-bond donors (Lipinski definition) is 2. The first kappa shape index (κ1) is 16.9. The van der Waals surface area contributed by atoms with Crippen molar-refractivity contribution in [1.29, 1.82) is 0 Å². The highest BCUT2D eigenvalue weighted by molar-refractivity contribution is 9.10. The number of halogens is 1. The van der Waals surface area contributed by atoms with Crippen molar-refractivity contribution in [3.63, 3.8) is 0 Å². The maximum Gasteiger partial charge on any atom is 0.293 e. The third kappa shape index (κ3) is 3.94. The molecule has 0 radical (unpaired) electrons. The van der Waals surface area contributed by atoms with Gasteiger partial charge in [0.25, 0.3) is 11.2 Å². The maximum atomic E-state index is 11.7. The number of hydrogen-bond acceptors (Lipinski definition) is 6. The van der Waals surface area contributed by atoms with Crippen LogP contribution in [0.25, 0.3) is 10.9 Å². The maximum absolute atomic E-state index is 11.7. The minimum atomic E-state index is -0.538. The third-order valence-electron chi connectivity index (χ3n) is 3.44. The molecule has 9 heteroatoms. The number of nitro groups is 1. The van der Waals surface area contributed by atoms with Crippen LogP contribution in [0, 0.1) is 10.1 Å². The number of anilines is 1. The molecule has 128 valence electrons. The van der Waals surface area contributed by atoms with Gasteiger partial charge in [-0.2, -0.15) is 0 Å². The monoisotopic (exact) mass is 404 g/mol. The van der Waals surface area contributed by atoms with Crippen molar-refractivity contribution >= 4 is 38.2 Å². The lowest BCUT2D eigenvalue weighted by atomic mass is 10.2. The zero-order valence-electron chi connectivity index (χ0n) is 12.9. The Morgan fingerprint density at radius 3 is 2.92 bits per heavy atom. The number of nitrogens with one attached hydrogen (secondary N) is 2. The van der Waals surface area contributed by atoms with Crippen molar-refractivity contribution in [1.82, 2.24) is 9.97 Å². The first-order valence-electron chi connectivity index (χ1n) is 7.32. The zero-order chi connectivity index (χ0) is 17.8. The van der Waals surface area contributed by atoms with Crippen molar-refractivity contribution in [3.05, 3.63) is 67.7 Å². The average molecular weight is 405 g/mol. The Morgan fingerprint density at radius 1 is 1.32 bits per heavy atom. The van der Waals surface area contributed by atoms with Crippen LogP contribution in [0.1, 0.15) is 0 Å². The molecular formula is C16H13BrN4O4. The van der Waals surface area contributed by atoms with E-state index in [1.165, 1.54) is 18.5 Å². The summed E-state index contributed by atoms with van der Waals surface area (Å²) >= 11 is 3.36. The molecule has 0 fully saturated rings. The van der Waals surface area contributed by atoms with Gasteiger partial charge < -0.3 is 15.0 Å². The number of benzene rings is 2. The van der Waals surface area contributed by atoms with Crippen molar-refractivity contribution in [2.45, 2.75) is 0 Å². The van der Waals surface area contributed by atoms with Crippen LogP contribution >= 0.6 is 15.9 Å².